The number of hydrogen-bond donors (Lipinski definition) is 2. The highest BCUT2D eigenvalue weighted by molar-refractivity contribution is 4.81. The number of rotatable bonds is 6. The fraction of sp³-hybridized carbons (Fsp3) is 1.00. The first-order valence-corrected chi connectivity index (χ1v) is 6.01. The lowest BCUT2D eigenvalue weighted by Crippen LogP contribution is -2.42. The third kappa shape index (κ3) is 4.09. The van der Waals surface area contributed by atoms with Crippen LogP contribution in [0.4, 0.5) is 0 Å². The minimum atomic E-state index is -0.0210. The fourth-order valence-electron chi connectivity index (χ4n) is 1.98. The van der Waals surface area contributed by atoms with Crippen molar-refractivity contribution in [1.29, 1.82) is 0 Å². The quantitative estimate of drug-likeness (QED) is 0.704. The molecule has 1 heterocycles. The van der Waals surface area contributed by atoms with Crippen molar-refractivity contribution in [2.45, 2.75) is 39.7 Å². The van der Waals surface area contributed by atoms with Crippen LogP contribution in [-0.4, -0.2) is 37.5 Å². The molecule has 0 spiro atoms. The van der Waals surface area contributed by atoms with Crippen LogP contribution in [0.3, 0.4) is 0 Å². The molecule has 0 aromatic carbocycles. The number of hydrogen-bond acceptors (Lipinski definition) is 3. The molecule has 1 aliphatic rings. The van der Waals surface area contributed by atoms with Gasteiger partial charge in [-0.05, 0) is 18.8 Å². The Morgan fingerprint density at radius 3 is 2.73 bits per heavy atom. The van der Waals surface area contributed by atoms with Crippen molar-refractivity contribution < 1.29 is 9.84 Å². The van der Waals surface area contributed by atoms with E-state index in [0.29, 0.717) is 12.0 Å². The predicted molar refractivity (Wildman–Crippen MR) is 61.9 cm³/mol. The fourth-order valence-corrected chi connectivity index (χ4v) is 1.98. The van der Waals surface area contributed by atoms with E-state index < -0.39 is 0 Å². The molecule has 2 N–H and O–H groups in total. The van der Waals surface area contributed by atoms with Crippen molar-refractivity contribution in [2.75, 3.05) is 26.4 Å². The molecule has 0 radical (unpaired) electrons. The molecule has 3 nitrogen and oxygen atoms in total. The Labute approximate surface area is 93.2 Å². The number of aliphatic hydroxyl groups excluding tert-OH is 1. The van der Waals surface area contributed by atoms with E-state index in [0.717, 1.165) is 26.2 Å². The molecule has 1 fully saturated rings. The van der Waals surface area contributed by atoms with Gasteiger partial charge in [-0.15, -0.1) is 0 Å². The highest BCUT2D eigenvalue weighted by Gasteiger charge is 2.26. The second-order valence-corrected chi connectivity index (χ2v) is 5.34. The lowest BCUT2D eigenvalue weighted by molar-refractivity contribution is 0.142. The lowest BCUT2D eigenvalue weighted by atomic mass is 9.92. The molecular weight excluding hydrogens is 190 g/mol. The third-order valence-electron chi connectivity index (χ3n) is 3.24. The zero-order chi connectivity index (χ0) is 11.3. The van der Waals surface area contributed by atoms with Gasteiger partial charge in [0.25, 0.3) is 0 Å². The van der Waals surface area contributed by atoms with E-state index in [1.165, 1.54) is 6.42 Å². The number of ether oxygens (including phenoxy) is 1. The van der Waals surface area contributed by atoms with Crippen LogP contribution in [0.15, 0.2) is 0 Å². The largest absolute Gasteiger partial charge is 0.396 e. The first-order chi connectivity index (χ1) is 7.09. The summed E-state index contributed by atoms with van der Waals surface area (Å²) in [7, 11) is 0. The summed E-state index contributed by atoms with van der Waals surface area (Å²) in [6.07, 6.45) is 2.31. The maximum atomic E-state index is 9.18. The Kier molecular flexibility index (Phi) is 5.03. The summed E-state index contributed by atoms with van der Waals surface area (Å²) in [4.78, 5) is 0. The molecule has 15 heavy (non-hydrogen) atoms. The number of aliphatic hydroxyl groups is 1. The Hall–Kier alpha value is -0.120. The molecule has 0 amide bonds. The molecule has 0 bridgehead atoms. The van der Waals surface area contributed by atoms with Gasteiger partial charge in [0, 0.05) is 31.2 Å². The van der Waals surface area contributed by atoms with Crippen LogP contribution >= 0.6 is 0 Å². The summed E-state index contributed by atoms with van der Waals surface area (Å²) in [5.41, 5.74) is -0.0210. The Morgan fingerprint density at radius 2 is 2.27 bits per heavy atom. The summed E-state index contributed by atoms with van der Waals surface area (Å²) in [6.45, 7) is 9.28. The highest BCUT2D eigenvalue weighted by atomic mass is 16.5. The Morgan fingerprint density at radius 1 is 1.53 bits per heavy atom. The highest BCUT2D eigenvalue weighted by Crippen LogP contribution is 2.20. The standard InChI is InChI=1S/C12H25NO2/c1-4-11(10-5-6-15-7-10)13-8-12(2,3)9-14/h10-11,13-14H,4-9H2,1-3H3. The van der Waals surface area contributed by atoms with Gasteiger partial charge in [-0.25, -0.2) is 0 Å². The molecule has 0 aliphatic carbocycles. The summed E-state index contributed by atoms with van der Waals surface area (Å²) >= 11 is 0. The minimum absolute atomic E-state index is 0.0210. The Balaban J connectivity index is 2.33. The molecule has 90 valence electrons. The van der Waals surface area contributed by atoms with Gasteiger partial charge in [-0.1, -0.05) is 20.8 Å². The molecule has 2 atom stereocenters. The molecule has 2 unspecified atom stereocenters. The van der Waals surface area contributed by atoms with Crippen LogP contribution < -0.4 is 5.32 Å². The van der Waals surface area contributed by atoms with E-state index in [9.17, 15) is 5.11 Å². The van der Waals surface area contributed by atoms with E-state index in [1.807, 2.05) is 0 Å². The van der Waals surface area contributed by atoms with Gasteiger partial charge in [0.15, 0.2) is 0 Å². The maximum Gasteiger partial charge on any atom is 0.0509 e. The van der Waals surface area contributed by atoms with E-state index in [1.54, 1.807) is 0 Å². The van der Waals surface area contributed by atoms with Crippen molar-refractivity contribution in [1.82, 2.24) is 5.32 Å². The van der Waals surface area contributed by atoms with Crippen molar-refractivity contribution in [3.05, 3.63) is 0 Å². The summed E-state index contributed by atoms with van der Waals surface area (Å²) in [6, 6.07) is 0.540. The van der Waals surface area contributed by atoms with Crippen LogP contribution in [0.5, 0.6) is 0 Å². The van der Waals surface area contributed by atoms with Crippen LogP contribution in [0.2, 0.25) is 0 Å². The molecule has 0 aromatic heterocycles. The SMILES string of the molecule is CCC(NCC(C)(C)CO)C1CCOC1. The van der Waals surface area contributed by atoms with Gasteiger partial charge in [-0.2, -0.15) is 0 Å². The average Bonchev–Trinajstić information content (AvgIpc) is 2.72. The molecular formula is C12H25NO2. The van der Waals surface area contributed by atoms with E-state index in [4.69, 9.17) is 4.74 Å². The first-order valence-electron chi connectivity index (χ1n) is 6.01. The summed E-state index contributed by atoms with van der Waals surface area (Å²) in [5.74, 6) is 0.657. The Bertz CT molecular complexity index is 176. The molecule has 3 heteroatoms. The summed E-state index contributed by atoms with van der Waals surface area (Å²) < 4.78 is 5.41. The van der Waals surface area contributed by atoms with E-state index in [-0.39, 0.29) is 12.0 Å². The predicted octanol–water partition coefficient (Wildman–Crippen LogP) is 1.41. The second kappa shape index (κ2) is 5.83. The monoisotopic (exact) mass is 215 g/mol. The van der Waals surface area contributed by atoms with Gasteiger partial charge in [0.1, 0.15) is 0 Å². The van der Waals surface area contributed by atoms with Crippen molar-refractivity contribution in [2.24, 2.45) is 11.3 Å². The second-order valence-electron chi connectivity index (χ2n) is 5.34. The average molecular weight is 215 g/mol. The van der Waals surface area contributed by atoms with Crippen molar-refractivity contribution >= 4 is 0 Å². The number of nitrogens with one attached hydrogen (secondary N) is 1. The molecule has 1 rings (SSSR count). The van der Waals surface area contributed by atoms with Gasteiger partial charge in [-0.3, -0.25) is 0 Å². The molecule has 0 aromatic rings. The van der Waals surface area contributed by atoms with Crippen LogP contribution in [-0.2, 0) is 4.74 Å². The van der Waals surface area contributed by atoms with E-state index >= 15 is 0 Å². The molecule has 1 aliphatic heterocycles. The lowest BCUT2D eigenvalue weighted by Gasteiger charge is -2.28. The zero-order valence-corrected chi connectivity index (χ0v) is 10.3. The van der Waals surface area contributed by atoms with Gasteiger partial charge in [0.05, 0.1) is 6.61 Å². The van der Waals surface area contributed by atoms with Crippen LogP contribution in [0.25, 0.3) is 0 Å². The van der Waals surface area contributed by atoms with Gasteiger partial charge < -0.3 is 15.2 Å². The zero-order valence-electron chi connectivity index (χ0n) is 10.3. The van der Waals surface area contributed by atoms with Crippen LogP contribution in [0.1, 0.15) is 33.6 Å². The minimum Gasteiger partial charge on any atom is -0.396 e. The third-order valence-corrected chi connectivity index (χ3v) is 3.24. The van der Waals surface area contributed by atoms with E-state index in [2.05, 4.69) is 26.1 Å². The van der Waals surface area contributed by atoms with Gasteiger partial charge in [0.2, 0.25) is 0 Å². The molecule has 1 saturated heterocycles. The topological polar surface area (TPSA) is 41.5 Å². The van der Waals surface area contributed by atoms with Crippen molar-refractivity contribution in [3.63, 3.8) is 0 Å². The summed E-state index contributed by atoms with van der Waals surface area (Å²) in [5, 5.41) is 12.7. The smallest absolute Gasteiger partial charge is 0.0509 e. The van der Waals surface area contributed by atoms with Crippen LogP contribution in [0, 0.1) is 11.3 Å². The normalized spacial score (nSPS) is 24.4. The molecule has 0 saturated carbocycles. The first kappa shape index (κ1) is 12.9. The van der Waals surface area contributed by atoms with Gasteiger partial charge >= 0.3 is 0 Å². The maximum absolute atomic E-state index is 9.18. The van der Waals surface area contributed by atoms with Crippen molar-refractivity contribution in [3.8, 4) is 0 Å².